The largest absolute Gasteiger partial charge is 0.105 e. The van der Waals surface area contributed by atoms with E-state index >= 15 is 0 Å². The zero-order valence-electron chi connectivity index (χ0n) is 11.8. The van der Waals surface area contributed by atoms with Gasteiger partial charge in [0.05, 0.1) is 0 Å². The summed E-state index contributed by atoms with van der Waals surface area (Å²) in [6.07, 6.45) is 18.1. The molecular formula is C16H29B. The van der Waals surface area contributed by atoms with Gasteiger partial charge in [-0.15, -0.1) is 0 Å². The second-order valence-electron chi connectivity index (χ2n) is 6.53. The van der Waals surface area contributed by atoms with Gasteiger partial charge in [-0.2, -0.15) is 0 Å². The third-order valence-corrected chi connectivity index (χ3v) is 5.19. The van der Waals surface area contributed by atoms with Crippen LogP contribution in [0, 0.1) is 17.8 Å². The van der Waals surface area contributed by atoms with Crippen LogP contribution in [0.5, 0.6) is 0 Å². The average Bonchev–Trinajstić information content (AvgIpc) is 2.38. The Hall–Kier alpha value is -0.195. The van der Waals surface area contributed by atoms with E-state index in [9.17, 15) is 0 Å². The van der Waals surface area contributed by atoms with Crippen LogP contribution >= 0.6 is 0 Å². The fourth-order valence-electron chi connectivity index (χ4n) is 3.89. The highest BCUT2D eigenvalue weighted by atomic mass is 14.3. The second-order valence-corrected chi connectivity index (χ2v) is 6.53. The molecule has 96 valence electrons. The Kier molecular flexibility index (Phi) is 5.19. The summed E-state index contributed by atoms with van der Waals surface area (Å²) in [6.45, 7) is 2.24. The number of allylic oxidation sites excluding steroid dienone is 2. The van der Waals surface area contributed by atoms with Gasteiger partial charge in [-0.1, -0.05) is 50.6 Å². The number of rotatable bonds is 3. The number of hydrogen-bond donors (Lipinski definition) is 0. The van der Waals surface area contributed by atoms with Crippen LogP contribution in [0.1, 0.15) is 64.7 Å². The van der Waals surface area contributed by atoms with Crippen LogP contribution in [0.2, 0.25) is 5.82 Å². The normalized spacial score (nSPS) is 39.6. The Morgan fingerprint density at radius 1 is 0.882 bits per heavy atom. The summed E-state index contributed by atoms with van der Waals surface area (Å²) >= 11 is 0. The minimum absolute atomic E-state index is 0.911. The average molecular weight is 232 g/mol. The molecule has 0 saturated heterocycles. The molecule has 0 unspecified atom stereocenters. The van der Waals surface area contributed by atoms with Crippen molar-refractivity contribution in [3.8, 4) is 0 Å². The van der Waals surface area contributed by atoms with Gasteiger partial charge >= 0.3 is 0 Å². The topological polar surface area (TPSA) is 0 Å². The van der Waals surface area contributed by atoms with E-state index in [2.05, 4.69) is 26.9 Å². The maximum absolute atomic E-state index is 2.49. The van der Waals surface area contributed by atoms with E-state index in [1.54, 1.807) is 0 Å². The molecule has 0 aromatic carbocycles. The fourth-order valence-corrected chi connectivity index (χ4v) is 3.89. The van der Waals surface area contributed by atoms with Crippen molar-refractivity contribution >= 4 is 7.85 Å². The van der Waals surface area contributed by atoms with Crippen LogP contribution in [0.3, 0.4) is 0 Å². The molecule has 0 radical (unpaired) electrons. The molecule has 0 amide bonds. The molecule has 0 N–H and O–H groups in total. The highest BCUT2D eigenvalue weighted by Gasteiger charge is 2.28. The summed E-state index contributed by atoms with van der Waals surface area (Å²) in [4.78, 5) is 0. The molecule has 0 heterocycles. The van der Waals surface area contributed by atoms with Gasteiger partial charge in [0.25, 0.3) is 0 Å². The lowest BCUT2D eigenvalue weighted by atomic mass is 9.65. The zero-order valence-corrected chi connectivity index (χ0v) is 11.8. The zero-order chi connectivity index (χ0) is 12.1. The van der Waals surface area contributed by atoms with Crippen LogP contribution in [0.4, 0.5) is 0 Å². The van der Waals surface area contributed by atoms with E-state index in [0.717, 1.165) is 23.6 Å². The molecule has 0 spiro atoms. The molecule has 2 aliphatic rings. The summed E-state index contributed by atoms with van der Waals surface area (Å²) in [6, 6.07) is 0. The van der Waals surface area contributed by atoms with Crippen LogP contribution < -0.4 is 0 Å². The van der Waals surface area contributed by atoms with Crippen LogP contribution in [-0.4, -0.2) is 7.85 Å². The Labute approximate surface area is 109 Å². The molecule has 17 heavy (non-hydrogen) atoms. The molecule has 0 atom stereocenters. The van der Waals surface area contributed by atoms with E-state index in [0.29, 0.717) is 0 Å². The Balaban J connectivity index is 1.73. The van der Waals surface area contributed by atoms with Crippen LogP contribution in [0.15, 0.2) is 12.2 Å². The van der Waals surface area contributed by atoms with Crippen molar-refractivity contribution in [3.05, 3.63) is 12.2 Å². The van der Waals surface area contributed by atoms with Gasteiger partial charge in [0.2, 0.25) is 0 Å². The van der Waals surface area contributed by atoms with Crippen molar-refractivity contribution in [1.82, 2.24) is 0 Å². The molecule has 0 aliphatic heterocycles. The highest BCUT2D eigenvalue weighted by molar-refractivity contribution is 6.11. The molecule has 2 rings (SSSR count). The maximum Gasteiger partial charge on any atom is 0.105 e. The van der Waals surface area contributed by atoms with Gasteiger partial charge in [-0.3, -0.25) is 0 Å². The monoisotopic (exact) mass is 232 g/mol. The van der Waals surface area contributed by atoms with Crippen LogP contribution in [0.25, 0.3) is 0 Å². The van der Waals surface area contributed by atoms with Crippen LogP contribution in [-0.2, 0) is 0 Å². The van der Waals surface area contributed by atoms with Gasteiger partial charge in [0.15, 0.2) is 0 Å². The van der Waals surface area contributed by atoms with Gasteiger partial charge in [0.1, 0.15) is 7.85 Å². The van der Waals surface area contributed by atoms with Crippen molar-refractivity contribution in [2.75, 3.05) is 0 Å². The first-order chi connectivity index (χ1) is 8.29. The number of hydrogen-bond acceptors (Lipinski definition) is 0. The Morgan fingerprint density at radius 3 is 1.94 bits per heavy atom. The first kappa shape index (κ1) is 13.2. The molecular weight excluding hydrogens is 203 g/mol. The summed E-state index contributed by atoms with van der Waals surface area (Å²) < 4.78 is 0. The molecule has 0 aromatic heterocycles. The predicted molar refractivity (Wildman–Crippen MR) is 79.1 cm³/mol. The van der Waals surface area contributed by atoms with Crippen molar-refractivity contribution in [3.63, 3.8) is 0 Å². The second kappa shape index (κ2) is 6.66. The quantitative estimate of drug-likeness (QED) is 0.500. The summed E-state index contributed by atoms with van der Waals surface area (Å²) in [5.74, 6) is 4.08. The van der Waals surface area contributed by atoms with E-state index in [-0.39, 0.29) is 0 Å². The third-order valence-electron chi connectivity index (χ3n) is 5.19. The first-order valence-electron chi connectivity index (χ1n) is 7.96. The van der Waals surface area contributed by atoms with E-state index in [1.165, 1.54) is 57.8 Å². The SMILES string of the molecule is BC1CCC(C2CCC(/C=C/CC)CC2)CC1. The summed E-state index contributed by atoms with van der Waals surface area (Å²) in [5.41, 5.74) is 0. The lowest BCUT2D eigenvalue weighted by Gasteiger charge is -2.36. The molecule has 1 heteroatoms. The fraction of sp³-hybridized carbons (Fsp3) is 0.875. The van der Waals surface area contributed by atoms with Gasteiger partial charge in [-0.25, -0.2) is 0 Å². The van der Waals surface area contributed by atoms with E-state index in [4.69, 9.17) is 0 Å². The lowest BCUT2D eigenvalue weighted by molar-refractivity contribution is 0.180. The standard InChI is InChI=1S/C16H29B/c1-2-3-4-13-5-7-14(8-6-13)15-9-11-16(17)12-10-15/h3-4,13-16H,2,5-12,17H2,1H3/b4-3+. The Morgan fingerprint density at radius 2 is 1.41 bits per heavy atom. The molecule has 0 bridgehead atoms. The molecule has 2 fully saturated rings. The van der Waals surface area contributed by atoms with Crippen molar-refractivity contribution in [2.45, 2.75) is 70.5 Å². The Bertz CT molecular complexity index is 230. The van der Waals surface area contributed by atoms with Gasteiger partial charge < -0.3 is 0 Å². The maximum atomic E-state index is 2.49. The van der Waals surface area contributed by atoms with Crippen molar-refractivity contribution in [1.29, 1.82) is 0 Å². The smallest absolute Gasteiger partial charge is 0.0885 e. The minimum atomic E-state index is 0.911. The summed E-state index contributed by atoms with van der Waals surface area (Å²) in [7, 11) is 2.43. The molecule has 2 saturated carbocycles. The molecule has 0 aromatic rings. The predicted octanol–water partition coefficient (Wildman–Crippen LogP) is 4.37. The van der Waals surface area contributed by atoms with E-state index < -0.39 is 0 Å². The highest BCUT2D eigenvalue weighted by Crippen LogP contribution is 2.42. The van der Waals surface area contributed by atoms with E-state index in [1.807, 2.05) is 0 Å². The minimum Gasteiger partial charge on any atom is -0.0885 e. The van der Waals surface area contributed by atoms with Crippen molar-refractivity contribution < 1.29 is 0 Å². The third kappa shape index (κ3) is 3.90. The molecule has 2 aliphatic carbocycles. The molecule has 0 nitrogen and oxygen atoms in total. The lowest BCUT2D eigenvalue weighted by Crippen LogP contribution is -2.24. The van der Waals surface area contributed by atoms with Gasteiger partial charge in [0, 0.05) is 0 Å². The van der Waals surface area contributed by atoms with Crippen molar-refractivity contribution in [2.24, 2.45) is 17.8 Å². The summed E-state index contributed by atoms with van der Waals surface area (Å²) in [5, 5.41) is 0. The first-order valence-corrected chi connectivity index (χ1v) is 7.96. The van der Waals surface area contributed by atoms with Gasteiger partial charge in [-0.05, 0) is 49.9 Å².